The van der Waals surface area contributed by atoms with Crippen LogP contribution in [0.15, 0.2) is 0 Å². The van der Waals surface area contributed by atoms with Gasteiger partial charge in [0.1, 0.15) is 0 Å². The molecule has 5 heteroatoms. The highest BCUT2D eigenvalue weighted by Crippen LogP contribution is 1.80. The van der Waals surface area contributed by atoms with E-state index in [-0.39, 0.29) is 24.9 Å². The van der Waals surface area contributed by atoms with Crippen LogP contribution in [0.25, 0.3) is 0 Å². The lowest BCUT2D eigenvalue weighted by molar-refractivity contribution is -0.131. The Morgan fingerprint density at radius 2 is 2.08 bits per heavy atom. The fraction of sp³-hybridized carbons (Fsp3) is 0.714. The highest BCUT2D eigenvalue weighted by Gasteiger charge is 2.06. The molecule has 12 heavy (non-hydrogen) atoms. The number of amides is 2. The minimum atomic E-state index is -0.312. The quantitative estimate of drug-likeness (QED) is 0.545. The van der Waals surface area contributed by atoms with Gasteiger partial charge in [0.25, 0.3) is 0 Å². The standard InChI is InChI=1S/C7H15N3O2/c1-3-10(2)7(12)5-9-6(11)4-8/h3-5,8H2,1-2H3,(H,9,11). The number of carbonyl (C=O) groups is 2. The van der Waals surface area contributed by atoms with E-state index < -0.39 is 0 Å². The first-order valence-corrected chi connectivity index (χ1v) is 3.82. The molecule has 0 rings (SSSR count). The molecule has 0 radical (unpaired) electrons. The van der Waals surface area contributed by atoms with Gasteiger partial charge in [0.2, 0.25) is 11.8 Å². The molecule has 70 valence electrons. The number of nitrogens with two attached hydrogens (primary N) is 1. The molecule has 0 atom stereocenters. The van der Waals surface area contributed by atoms with Crippen molar-refractivity contribution < 1.29 is 9.59 Å². The zero-order valence-electron chi connectivity index (χ0n) is 7.46. The molecule has 0 aliphatic heterocycles. The van der Waals surface area contributed by atoms with Crippen molar-refractivity contribution in [1.82, 2.24) is 10.2 Å². The van der Waals surface area contributed by atoms with Gasteiger partial charge >= 0.3 is 0 Å². The van der Waals surface area contributed by atoms with Gasteiger partial charge in [0.15, 0.2) is 0 Å². The maximum atomic E-state index is 11.1. The van der Waals surface area contributed by atoms with Crippen molar-refractivity contribution in [1.29, 1.82) is 0 Å². The lowest BCUT2D eigenvalue weighted by Gasteiger charge is -2.14. The zero-order valence-corrected chi connectivity index (χ0v) is 7.46. The van der Waals surface area contributed by atoms with Crippen molar-refractivity contribution in [2.45, 2.75) is 6.92 Å². The molecule has 3 N–H and O–H groups in total. The van der Waals surface area contributed by atoms with Gasteiger partial charge in [-0.2, -0.15) is 0 Å². The average Bonchev–Trinajstić information content (AvgIpc) is 2.11. The second-order valence-electron chi connectivity index (χ2n) is 2.39. The molecular formula is C7H15N3O2. The van der Waals surface area contributed by atoms with Gasteiger partial charge in [0, 0.05) is 13.6 Å². The Morgan fingerprint density at radius 3 is 2.50 bits per heavy atom. The molecule has 0 spiro atoms. The summed E-state index contributed by atoms with van der Waals surface area (Å²) < 4.78 is 0. The maximum Gasteiger partial charge on any atom is 0.241 e. The fourth-order valence-corrected chi connectivity index (χ4v) is 0.558. The highest BCUT2D eigenvalue weighted by atomic mass is 16.2. The molecule has 0 unspecified atom stereocenters. The molecule has 0 aromatic carbocycles. The number of carbonyl (C=O) groups excluding carboxylic acids is 2. The summed E-state index contributed by atoms with van der Waals surface area (Å²) in [6.07, 6.45) is 0. The van der Waals surface area contributed by atoms with E-state index in [4.69, 9.17) is 5.73 Å². The molecule has 0 aromatic heterocycles. The molecule has 5 nitrogen and oxygen atoms in total. The first-order valence-electron chi connectivity index (χ1n) is 3.82. The van der Waals surface area contributed by atoms with Crippen molar-refractivity contribution >= 4 is 11.8 Å². The van der Waals surface area contributed by atoms with E-state index in [1.807, 2.05) is 6.92 Å². The highest BCUT2D eigenvalue weighted by molar-refractivity contribution is 5.85. The number of nitrogens with one attached hydrogen (secondary N) is 1. The van der Waals surface area contributed by atoms with Gasteiger partial charge in [-0.05, 0) is 6.92 Å². The topological polar surface area (TPSA) is 75.4 Å². The average molecular weight is 173 g/mol. The van der Waals surface area contributed by atoms with Crippen molar-refractivity contribution in [3.63, 3.8) is 0 Å². The Hall–Kier alpha value is -1.10. The third-order valence-corrected chi connectivity index (χ3v) is 1.52. The van der Waals surface area contributed by atoms with E-state index in [0.717, 1.165) is 0 Å². The van der Waals surface area contributed by atoms with Crippen molar-refractivity contribution in [3.8, 4) is 0 Å². The van der Waals surface area contributed by atoms with Gasteiger partial charge in [0.05, 0.1) is 13.1 Å². The van der Waals surface area contributed by atoms with E-state index in [9.17, 15) is 9.59 Å². The number of rotatable bonds is 4. The zero-order chi connectivity index (χ0) is 9.56. The number of hydrogen-bond donors (Lipinski definition) is 2. The maximum absolute atomic E-state index is 11.1. The van der Waals surface area contributed by atoms with Crippen LogP contribution in [0, 0.1) is 0 Å². The Morgan fingerprint density at radius 1 is 1.50 bits per heavy atom. The molecule has 2 amide bonds. The summed E-state index contributed by atoms with van der Waals surface area (Å²) in [7, 11) is 1.68. The molecule has 0 aliphatic carbocycles. The summed E-state index contributed by atoms with van der Waals surface area (Å²) in [6.45, 7) is 2.45. The van der Waals surface area contributed by atoms with Crippen LogP contribution < -0.4 is 11.1 Å². The summed E-state index contributed by atoms with van der Waals surface area (Å²) in [4.78, 5) is 23.2. The van der Waals surface area contributed by atoms with Crippen LogP contribution >= 0.6 is 0 Å². The van der Waals surface area contributed by atoms with E-state index in [2.05, 4.69) is 5.32 Å². The summed E-state index contributed by atoms with van der Waals surface area (Å²) in [5.41, 5.74) is 5.03. The SMILES string of the molecule is CCN(C)C(=O)CNC(=O)CN. The third-order valence-electron chi connectivity index (χ3n) is 1.52. The Kier molecular flexibility index (Phi) is 5.03. The lowest BCUT2D eigenvalue weighted by Crippen LogP contribution is -2.40. The summed E-state index contributed by atoms with van der Waals surface area (Å²) in [5.74, 6) is -0.424. The minimum absolute atomic E-state index is 0.0281. The lowest BCUT2D eigenvalue weighted by atomic mass is 10.5. The fourth-order valence-electron chi connectivity index (χ4n) is 0.558. The molecule has 0 heterocycles. The van der Waals surface area contributed by atoms with E-state index in [1.54, 1.807) is 7.05 Å². The summed E-state index contributed by atoms with van der Waals surface area (Å²) in [5, 5.41) is 2.39. The van der Waals surface area contributed by atoms with Crippen molar-refractivity contribution in [3.05, 3.63) is 0 Å². The Labute approximate surface area is 71.9 Å². The summed E-state index contributed by atoms with van der Waals surface area (Å²) in [6, 6.07) is 0. The largest absolute Gasteiger partial charge is 0.346 e. The van der Waals surface area contributed by atoms with Gasteiger partial charge < -0.3 is 16.0 Å². The normalized spacial score (nSPS) is 9.25. The van der Waals surface area contributed by atoms with Gasteiger partial charge in [-0.1, -0.05) is 0 Å². The van der Waals surface area contributed by atoms with Crippen molar-refractivity contribution in [2.75, 3.05) is 26.7 Å². The minimum Gasteiger partial charge on any atom is -0.346 e. The van der Waals surface area contributed by atoms with Crippen LogP contribution in [0.2, 0.25) is 0 Å². The first-order chi connectivity index (χ1) is 5.61. The number of likely N-dealkylation sites (N-methyl/N-ethyl adjacent to an activating group) is 1. The van der Waals surface area contributed by atoms with Crippen LogP contribution in [-0.2, 0) is 9.59 Å². The molecule has 0 bridgehead atoms. The predicted octanol–water partition coefficient (Wildman–Crippen LogP) is -1.46. The second kappa shape index (κ2) is 5.54. The molecular weight excluding hydrogens is 158 g/mol. The van der Waals surface area contributed by atoms with Crippen LogP contribution in [0.5, 0.6) is 0 Å². The smallest absolute Gasteiger partial charge is 0.241 e. The number of nitrogens with zero attached hydrogens (tertiary/aromatic N) is 1. The van der Waals surface area contributed by atoms with Crippen LogP contribution in [-0.4, -0.2) is 43.4 Å². The monoisotopic (exact) mass is 173 g/mol. The van der Waals surface area contributed by atoms with E-state index in [1.165, 1.54) is 4.90 Å². The molecule has 0 fully saturated rings. The Balaban J connectivity index is 3.64. The third kappa shape index (κ3) is 3.92. The number of hydrogen-bond acceptors (Lipinski definition) is 3. The van der Waals surface area contributed by atoms with E-state index in [0.29, 0.717) is 6.54 Å². The van der Waals surface area contributed by atoms with Crippen LogP contribution in [0.4, 0.5) is 0 Å². The molecule has 0 saturated carbocycles. The first kappa shape index (κ1) is 10.9. The van der Waals surface area contributed by atoms with Crippen LogP contribution in [0.3, 0.4) is 0 Å². The molecule has 0 saturated heterocycles. The predicted molar refractivity (Wildman–Crippen MR) is 45.4 cm³/mol. The summed E-state index contributed by atoms with van der Waals surface area (Å²) >= 11 is 0. The second-order valence-corrected chi connectivity index (χ2v) is 2.39. The van der Waals surface area contributed by atoms with E-state index >= 15 is 0 Å². The van der Waals surface area contributed by atoms with Gasteiger partial charge in [-0.15, -0.1) is 0 Å². The molecule has 0 aliphatic rings. The van der Waals surface area contributed by atoms with Crippen LogP contribution in [0.1, 0.15) is 6.92 Å². The van der Waals surface area contributed by atoms with Crippen molar-refractivity contribution in [2.24, 2.45) is 5.73 Å². The van der Waals surface area contributed by atoms with Gasteiger partial charge in [-0.3, -0.25) is 9.59 Å². The molecule has 0 aromatic rings. The Bertz CT molecular complexity index is 170. The van der Waals surface area contributed by atoms with Gasteiger partial charge in [-0.25, -0.2) is 0 Å².